The number of aromatic nitrogens is 3. The highest BCUT2D eigenvalue weighted by atomic mass is 19.4. The van der Waals surface area contributed by atoms with Gasteiger partial charge in [0.05, 0.1) is 30.7 Å². The first kappa shape index (κ1) is 37.3. The molecule has 2 aliphatic carbocycles. The second-order valence-electron chi connectivity index (χ2n) is 15.0. The van der Waals surface area contributed by atoms with Crippen molar-refractivity contribution in [2.45, 2.75) is 108 Å². The molecule has 278 valence electrons. The lowest BCUT2D eigenvalue weighted by Crippen LogP contribution is -2.36. The Balaban J connectivity index is 1.37. The van der Waals surface area contributed by atoms with Crippen LogP contribution in [-0.2, 0) is 19.0 Å². The fraction of sp³-hybridized carbons (Fsp3) is 0.595. The maximum atomic E-state index is 15.5. The number of aliphatic hydroxyl groups excluding tert-OH is 3. The number of nitrogens with zero attached hydrogens (tertiary/aromatic N) is 4. The van der Waals surface area contributed by atoms with E-state index in [9.17, 15) is 32.2 Å². The molecule has 1 saturated carbocycles. The van der Waals surface area contributed by atoms with Crippen molar-refractivity contribution < 1.29 is 46.4 Å². The molecule has 1 aliphatic heterocycles. The van der Waals surface area contributed by atoms with E-state index in [1.54, 1.807) is 0 Å². The Hall–Kier alpha value is -3.49. The number of fused-ring (bicyclic) bond motifs is 1. The van der Waals surface area contributed by atoms with Gasteiger partial charge in [0.2, 0.25) is 11.9 Å². The summed E-state index contributed by atoms with van der Waals surface area (Å²) in [5.41, 5.74) is 1.96. The average Bonchev–Trinajstić information content (AvgIpc) is 3.07. The number of hydrogen-bond acceptors (Lipinski definition) is 8. The summed E-state index contributed by atoms with van der Waals surface area (Å²) in [5.74, 6) is -3.53. The summed E-state index contributed by atoms with van der Waals surface area (Å²) in [6.07, 6.45) is -1.98. The highest BCUT2D eigenvalue weighted by Gasteiger charge is 2.42. The van der Waals surface area contributed by atoms with Gasteiger partial charge in [0.1, 0.15) is 18.5 Å². The van der Waals surface area contributed by atoms with Gasteiger partial charge in [0, 0.05) is 55.2 Å². The van der Waals surface area contributed by atoms with E-state index in [0.29, 0.717) is 84.6 Å². The maximum Gasteiger partial charge on any atom is 0.416 e. The summed E-state index contributed by atoms with van der Waals surface area (Å²) < 4.78 is 90.1. The van der Waals surface area contributed by atoms with Gasteiger partial charge in [0.25, 0.3) is 0 Å². The van der Waals surface area contributed by atoms with Crippen molar-refractivity contribution in [1.29, 1.82) is 0 Å². The van der Waals surface area contributed by atoms with Gasteiger partial charge in [-0.1, -0.05) is 19.9 Å². The summed E-state index contributed by atoms with van der Waals surface area (Å²) in [7, 11) is 0. The molecule has 0 radical (unpaired) electrons. The third-order valence-electron chi connectivity index (χ3n) is 10.5. The van der Waals surface area contributed by atoms with E-state index in [2.05, 4.69) is 9.97 Å². The zero-order valence-corrected chi connectivity index (χ0v) is 28.7. The number of aliphatic hydroxyl groups is 3. The summed E-state index contributed by atoms with van der Waals surface area (Å²) in [4.78, 5) is 16.0. The van der Waals surface area contributed by atoms with Crippen molar-refractivity contribution in [2.24, 2.45) is 5.41 Å². The summed E-state index contributed by atoms with van der Waals surface area (Å²) >= 11 is 0. The highest BCUT2D eigenvalue weighted by molar-refractivity contribution is 5.50. The Morgan fingerprint density at radius 3 is 2.27 bits per heavy atom. The summed E-state index contributed by atoms with van der Waals surface area (Å²) in [5, 5.41) is 30.1. The van der Waals surface area contributed by atoms with E-state index in [4.69, 9.17) is 14.8 Å². The Morgan fingerprint density at radius 2 is 1.67 bits per heavy atom. The van der Waals surface area contributed by atoms with E-state index < -0.39 is 42.3 Å². The molecule has 8 nitrogen and oxygen atoms in total. The van der Waals surface area contributed by atoms with Gasteiger partial charge >= 0.3 is 6.18 Å². The van der Waals surface area contributed by atoms with Crippen LogP contribution in [0.1, 0.15) is 116 Å². The first-order valence-electron chi connectivity index (χ1n) is 17.5. The van der Waals surface area contributed by atoms with Gasteiger partial charge in [-0.15, -0.1) is 0 Å². The van der Waals surface area contributed by atoms with Crippen molar-refractivity contribution in [3.63, 3.8) is 0 Å². The molecule has 0 spiro atoms. The monoisotopic (exact) mass is 722 g/mol. The van der Waals surface area contributed by atoms with Gasteiger partial charge in [-0.3, -0.25) is 4.98 Å². The van der Waals surface area contributed by atoms with Gasteiger partial charge < -0.3 is 25.0 Å². The molecule has 0 amide bonds. The van der Waals surface area contributed by atoms with E-state index in [-0.39, 0.29) is 61.5 Å². The Morgan fingerprint density at radius 1 is 1.00 bits per heavy atom. The summed E-state index contributed by atoms with van der Waals surface area (Å²) in [6, 6.07) is 2.48. The van der Waals surface area contributed by atoms with Crippen LogP contribution in [0.3, 0.4) is 0 Å². The molecule has 0 bridgehead atoms. The fourth-order valence-corrected chi connectivity index (χ4v) is 7.91. The molecule has 1 aromatic carbocycles. The lowest BCUT2D eigenvalue weighted by atomic mass is 9.68. The molecule has 2 fully saturated rings. The molecule has 2 aromatic heterocycles. The Kier molecular flexibility index (Phi) is 10.6. The second-order valence-corrected chi connectivity index (χ2v) is 15.0. The van der Waals surface area contributed by atoms with Crippen LogP contribution in [0.15, 0.2) is 30.6 Å². The van der Waals surface area contributed by atoms with E-state index in [1.807, 2.05) is 18.7 Å². The molecule has 3 N–H and O–H groups in total. The van der Waals surface area contributed by atoms with Crippen LogP contribution in [0.2, 0.25) is 0 Å². The van der Waals surface area contributed by atoms with Gasteiger partial charge in [-0.25, -0.2) is 23.1 Å². The topological polar surface area (TPSA) is 112 Å². The SMILES string of the molecule is CC1(C)Cc2nc(C3CCN(c4ncc(OC[C@H](O)CO)cn4)CC3)c(Cc3ccc(C(F)(F)F)cc3F)c(C3CCC(F)(F)CC3)c2C(O)C1. The minimum atomic E-state index is -4.72. The zero-order valence-electron chi connectivity index (χ0n) is 28.7. The molecule has 14 heteroatoms. The molecule has 51 heavy (non-hydrogen) atoms. The van der Waals surface area contributed by atoms with Gasteiger partial charge in [-0.05, 0) is 78.7 Å². The smallest absolute Gasteiger partial charge is 0.416 e. The number of ether oxygens (including phenoxy) is 1. The largest absolute Gasteiger partial charge is 0.488 e. The molecule has 3 heterocycles. The predicted octanol–water partition coefficient (Wildman–Crippen LogP) is 7.04. The van der Waals surface area contributed by atoms with E-state index in [1.165, 1.54) is 12.4 Å². The number of anilines is 1. The number of alkyl halides is 5. The predicted molar refractivity (Wildman–Crippen MR) is 176 cm³/mol. The molecule has 1 unspecified atom stereocenters. The number of pyridine rings is 1. The minimum absolute atomic E-state index is 0.0404. The van der Waals surface area contributed by atoms with Gasteiger partial charge in [0.15, 0.2) is 5.75 Å². The molecule has 3 aliphatic rings. The summed E-state index contributed by atoms with van der Waals surface area (Å²) in [6.45, 7) is 4.58. The lowest BCUT2D eigenvalue weighted by Gasteiger charge is -2.40. The van der Waals surface area contributed by atoms with Crippen molar-refractivity contribution in [3.8, 4) is 5.75 Å². The van der Waals surface area contributed by atoms with Crippen molar-refractivity contribution >= 4 is 5.95 Å². The normalized spacial score (nSPS) is 21.7. The molecular formula is C37H44F6N4O4. The lowest BCUT2D eigenvalue weighted by molar-refractivity contribution is -0.137. The number of benzene rings is 1. The van der Waals surface area contributed by atoms with Crippen LogP contribution in [0, 0.1) is 11.2 Å². The maximum absolute atomic E-state index is 15.5. The number of halogens is 6. The molecule has 1 saturated heterocycles. The fourth-order valence-electron chi connectivity index (χ4n) is 7.91. The van der Waals surface area contributed by atoms with Crippen LogP contribution >= 0.6 is 0 Å². The quantitative estimate of drug-likeness (QED) is 0.202. The van der Waals surface area contributed by atoms with Crippen LogP contribution in [-0.4, -0.2) is 68.6 Å². The van der Waals surface area contributed by atoms with Crippen LogP contribution in [0.4, 0.5) is 32.3 Å². The molecule has 2 atom stereocenters. The standard InChI is InChI=1S/C37H44F6N4O4/c1-35(2)15-29-32(30(50)16-35)31(21-5-9-36(39,40)10-6-21)27(13-23-3-4-24(14-28(23)38)37(41,42)43)33(46-29)22-7-11-47(12-8-22)34-44-17-26(18-45-34)51-20-25(49)19-48/h3-4,14,17-18,21-22,25,30,48-50H,5-13,15-16,19-20H2,1-2H3/t25-,30?/m1/s1. The third-order valence-corrected chi connectivity index (χ3v) is 10.5. The van der Waals surface area contributed by atoms with Crippen molar-refractivity contribution in [1.82, 2.24) is 15.0 Å². The average molecular weight is 723 g/mol. The minimum Gasteiger partial charge on any atom is -0.488 e. The zero-order chi connectivity index (χ0) is 36.7. The van der Waals surface area contributed by atoms with Crippen LogP contribution in [0.25, 0.3) is 0 Å². The molecule has 3 aromatic rings. The Bertz CT molecular complexity index is 1690. The number of rotatable bonds is 9. The van der Waals surface area contributed by atoms with Crippen LogP contribution in [0.5, 0.6) is 5.75 Å². The van der Waals surface area contributed by atoms with E-state index >= 15 is 4.39 Å². The number of piperidine rings is 1. The van der Waals surface area contributed by atoms with Crippen molar-refractivity contribution in [2.75, 3.05) is 31.2 Å². The van der Waals surface area contributed by atoms with Gasteiger partial charge in [-0.2, -0.15) is 13.2 Å². The van der Waals surface area contributed by atoms with Crippen LogP contribution < -0.4 is 9.64 Å². The first-order valence-corrected chi connectivity index (χ1v) is 17.5. The first-order chi connectivity index (χ1) is 24.0. The van der Waals surface area contributed by atoms with Crippen molar-refractivity contribution in [3.05, 3.63) is 75.6 Å². The highest BCUT2D eigenvalue weighted by Crippen LogP contribution is 2.50. The second kappa shape index (κ2) is 14.5. The third kappa shape index (κ3) is 8.44. The Labute approximate surface area is 292 Å². The molecular weight excluding hydrogens is 678 g/mol. The number of hydrogen-bond donors (Lipinski definition) is 3. The molecule has 6 rings (SSSR count). The van der Waals surface area contributed by atoms with E-state index in [0.717, 1.165) is 12.1 Å².